The van der Waals surface area contributed by atoms with E-state index in [0.29, 0.717) is 10.6 Å². The Kier molecular flexibility index (Phi) is 5.89. The number of amides is 1. The SMILES string of the molecule is CC(C)S(=O)(=O)c1nsc(NC(=O)/C(C#N)=C\c2ccc(Cl)cc2)n1. The van der Waals surface area contributed by atoms with Gasteiger partial charge in [0.05, 0.1) is 5.25 Å². The molecule has 10 heteroatoms. The molecule has 0 saturated heterocycles. The predicted octanol–water partition coefficient (Wildman–Crippen LogP) is 2.92. The van der Waals surface area contributed by atoms with E-state index in [4.69, 9.17) is 16.9 Å². The Balaban J connectivity index is 2.20. The number of rotatable bonds is 5. The van der Waals surface area contributed by atoms with Crippen molar-refractivity contribution in [1.82, 2.24) is 9.36 Å². The molecule has 0 saturated carbocycles. The first-order valence-corrected chi connectivity index (χ1v) is 9.70. The van der Waals surface area contributed by atoms with Crippen LogP contribution < -0.4 is 5.32 Å². The van der Waals surface area contributed by atoms with E-state index < -0.39 is 21.0 Å². The van der Waals surface area contributed by atoms with E-state index in [1.807, 2.05) is 0 Å². The van der Waals surface area contributed by atoms with Crippen LogP contribution in [-0.4, -0.2) is 28.9 Å². The van der Waals surface area contributed by atoms with Gasteiger partial charge in [0.2, 0.25) is 15.0 Å². The molecule has 0 spiro atoms. The van der Waals surface area contributed by atoms with Crippen molar-refractivity contribution in [2.75, 3.05) is 5.32 Å². The largest absolute Gasteiger partial charge is 0.296 e. The van der Waals surface area contributed by atoms with E-state index in [1.165, 1.54) is 19.9 Å². The van der Waals surface area contributed by atoms with Crippen LogP contribution in [0.15, 0.2) is 35.0 Å². The predicted molar refractivity (Wildman–Crippen MR) is 95.9 cm³/mol. The zero-order valence-electron chi connectivity index (χ0n) is 13.2. The number of aromatic nitrogens is 2. The first-order chi connectivity index (χ1) is 11.7. The van der Waals surface area contributed by atoms with Gasteiger partial charge in [-0.1, -0.05) is 23.7 Å². The lowest BCUT2D eigenvalue weighted by atomic mass is 10.1. The van der Waals surface area contributed by atoms with Crippen LogP contribution in [0.4, 0.5) is 5.13 Å². The minimum Gasteiger partial charge on any atom is -0.296 e. The highest BCUT2D eigenvalue weighted by Crippen LogP contribution is 2.19. The second-order valence-electron chi connectivity index (χ2n) is 5.15. The summed E-state index contributed by atoms with van der Waals surface area (Å²) < 4.78 is 27.7. The van der Waals surface area contributed by atoms with Gasteiger partial charge in [0, 0.05) is 16.6 Å². The Hall–Kier alpha value is -2.28. The minimum atomic E-state index is -3.63. The van der Waals surface area contributed by atoms with Gasteiger partial charge in [0.25, 0.3) is 11.1 Å². The number of hydrogen-bond acceptors (Lipinski definition) is 7. The van der Waals surface area contributed by atoms with E-state index in [-0.39, 0.29) is 15.9 Å². The molecule has 2 rings (SSSR count). The first-order valence-electron chi connectivity index (χ1n) is 7.00. The van der Waals surface area contributed by atoms with Gasteiger partial charge in [0.15, 0.2) is 0 Å². The highest BCUT2D eigenvalue weighted by Gasteiger charge is 2.25. The van der Waals surface area contributed by atoms with Crippen LogP contribution in [0.3, 0.4) is 0 Å². The molecule has 0 fully saturated rings. The maximum atomic E-state index is 12.2. The summed E-state index contributed by atoms with van der Waals surface area (Å²) in [7, 11) is -3.63. The summed E-state index contributed by atoms with van der Waals surface area (Å²) in [5.74, 6) is -0.706. The van der Waals surface area contributed by atoms with Crippen LogP contribution in [-0.2, 0) is 14.6 Å². The summed E-state index contributed by atoms with van der Waals surface area (Å²) in [6.07, 6.45) is 1.39. The molecule has 0 unspecified atom stereocenters. The fourth-order valence-electron chi connectivity index (χ4n) is 1.63. The molecule has 0 atom stereocenters. The van der Waals surface area contributed by atoms with Crippen molar-refractivity contribution in [1.29, 1.82) is 5.26 Å². The van der Waals surface area contributed by atoms with Crippen molar-refractivity contribution in [2.24, 2.45) is 0 Å². The number of benzene rings is 1. The van der Waals surface area contributed by atoms with Gasteiger partial charge >= 0.3 is 0 Å². The molecule has 0 radical (unpaired) electrons. The van der Waals surface area contributed by atoms with Crippen LogP contribution in [0.2, 0.25) is 5.02 Å². The number of halogens is 1. The molecule has 1 N–H and O–H groups in total. The average molecular weight is 397 g/mol. The van der Waals surface area contributed by atoms with Crippen molar-refractivity contribution in [3.05, 3.63) is 40.4 Å². The average Bonchev–Trinajstić information content (AvgIpc) is 3.03. The Labute approximate surface area is 154 Å². The molecule has 1 aromatic carbocycles. The van der Waals surface area contributed by atoms with Crippen LogP contribution in [0.5, 0.6) is 0 Å². The summed E-state index contributed by atoms with van der Waals surface area (Å²) in [5, 5.41) is 11.1. The molecule has 0 aliphatic rings. The molecular weight excluding hydrogens is 384 g/mol. The third kappa shape index (κ3) is 4.63. The van der Waals surface area contributed by atoms with Gasteiger partial charge in [0.1, 0.15) is 11.6 Å². The van der Waals surface area contributed by atoms with Crippen LogP contribution in [0.25, 0.3) is 6.08 Å². The summed E-state index contributed by atoms with van der Waals surface area (Å²) in [4.78, 5) is 16.0. The highest BCUT2D eigenvalue weighted by atomic mass is 35.5. The molecule has 7 nitrogen and oxygen atoms in total. The number of nitrogens with zero attached hydrogens (tertiary/aromatic N) is 3. The fourth-order valence-corrected chi connectivity index (χ4v) is 3.45. The van der Waals surface area contributed by atoms with E-state index in [9.17, 15) is 13.2 Å². The molecule has 1 aromatic heterocycles. The van der Waals surface area contributed by atoms with Gasteiger partial charge < -0.3 is 0 Å². The van der Waals surface area contributed by atoms with Crippen molar-refractivity contribution >= 4 is 50.1 Å². The van der Waals surface area contributed by atoms with E-state index >= 15 is 0 Å². The van der Waals surface area contributed by atoms with Gasteiger partial charge in [-0.25, -0.2) is 8.42 Å². The van der Waals surface area contributed by atoms with Crippen molar-refractivity contribution in [3.8, 4) is 6.07 Å². The first kappa shape index (κ1) is 19.1. The Bertz CT molecular complexity index is 957. The van der Waals surface area contributed by atoms with Crippen molar-refractivity contribution in [3.63, 3.8) is 0 Å². The quantitative estimate of drug-likeness (QED) is 0.614. The summed E-state index contributed by atoms with van der Waals surface area (Å²) in [5.41, 5.74) is 0.460. The topological polar surface area (TPSA) is 113 Å². The molecule has 0 bridgehead atoms. The molecule has 2 aromatic rings. The van der Waals surface area contributed by atoms with Crippen LogP contribution >= 0.6 is 23.1 Å². The lowest BCUT2D eigenvalue weighted by molar-refractivity contribution is -0.112. The number of anilines is 1. The second kappa shape index (κ2) is 7.74. The number of nitriles is 1. The minimum absolute atomic E-state index is 0.00137. The number of carbonyl (C=O) groups excluding carboxylic acids is 1. The Morgan fingerprint density at radius 2 is 2.00 bits per heavy atom. The van der Waals surface area contributed by atoms with Gasteiger partial charge in [-0.2, -0.15) is 14.6 Å². The van der Waals surface area contributed by atoms with Crippen molar-refractivity contribution in [2.45, 2.75) is 24.3 Å². The zero-order chi connectivity index (χ0) is 18.6. The standard InChI is InChI=1S/C15H13ClN4O3S2/c1-9(2)25(22,23)15-19-14(24-20-15)18-13(21)11(8-17)7-10-3-5-12(16)6-4-10/h3-7,9H,1-2H3,(H,18,19,20,21)/b11-7-. The Morgan fingerprint density at radius 1 is 1.36 bits per heavy atom. The monoisotopic (exact) mass is 396 g/mol. The molecule has 1 heterocycles. The van der Waals surface area contributed by atoms with Gasteiger partial charge in [-0.3, -0.25) is 10.1 Å². The maximum absolute atomic E-state index is 12.2. The molecule has 130 valence electrons. The Morgan fingerprint density at radius 3 is 2.56 bits per heavy atom. The number of nitrogens with one attached hydrogen (secondary N) is 1. The lowest BCUT2D eigenvalue weighted by Crippen LogP contribution is -2.16. The summed E-state index contributed by atoms with van der Waals surface area (Å²) in [6.45, 7) is 3.02. The fraction of sp³-hybridized carbons (Fsp3) is 0.200. The number of hydrogen-bond donors (Lipinski definition) is 1. The second-order valence-corrected chi connectivity index (χ2v) is 8.74. The van der Waals surface area contributed by atoms with Crippen LogP contribution in [0, 0.1) is 11.3 Å². The van der Waals surface area contributed by atoms with Gasteiger partial charge in [-0.05, 0) is 37.6 Å². The van der Waals surface area contributed by atoms with E-state index in [0.717, 1.165) is 11.5 Å². The van der Waals surface area contributed by atoms with Gasteiger partial charge in [-0.15, -0.1) is 0 Å². The third-order valence-electron chi connectivity index (χ3n) is 3.05. The molecule has 0 aliphatic heterocycles. The maximum Gasteiger partial charge on any atom is 0.268 e. The molecule has 1 amide bonds. The number of sulfone groups is 1. The van der Waals surface area contributed by atoms with E-state index in [2.05, 4.69) is 14.7 Å². The summed E-state index contributed by atoms with van der Waals surface area (Å²) >= 11 is 6.52. The highest BCUT2D eigenvalue weighted by molar-refractivity contribution is 7.91. The molecule has 25 heavy (non-hydrogen) atoms. The normalized spacial score (nSPS) is 12.0. The van der Waals surface area contributed by atoms with Crippen LogP contribution in [0.1, 0.15) is 19.4 Å². The molecular formula is C15H13ClN4O3S2. The van der Waals surface area contributed by atoms with E-state index in [1.54, 1.807) is 30.3 Å². The summed E-state index contributed by atoms with van der Waals surface area (Å²) in [6, 6.07) is 8.38. The molecule has 0 aliphatic carbocycles. The zero-order valence-corrected chi connectivity index (χ0v) is 15.6. The third-order valence-corrected chi connectivity index (χ3v) is 5.98. The smallest absolute Gasteiger partial charge is 0.268 e. The number of carbonyl (C=O) groups is 1. The lowest BCUT2D eigenvalue weighted by Gasteiger charge is -2.02. The van der Waals surface area contributed by atoms with Crippen molar-refractivity contribution < 1.29 is 13.2 Å².